The number of amides is 2. The van der Waals surface area contributed by atoms with Crippen LogP contribution in [-0.2, 0) is 22.4 Å². The number of anilines is 2. The van der Waals surface area contributed by atoms with E-state index < -0.39 is 0 Å². The Hall–Kier alpha value is -4.20. The number of fused-ring (bicyclic) bond motifs is 2. The first-order valence-corrected chi connectivity index (χ1v) is 14.8. The zero-order valence-corrected chi connectivity index (χ0v) is 25.1. The Kier molecular flexibility index (Phi) is 8.61. The minimum atomic E-state index is -0.166. The summed E-state index contributed by atoms with van der Waals surface area (Å²) < 4.78 is 0. The summed E-state index contributed by atoms with van der Waals surface area (Å²) in [4.78, 5) is 59.3. The molecule has 2 aliphatic carbocycles. The highest BCUT2D eigenvalue weighted by molar-refractivity contribution is 6.12. The Morgan fingerprint density at radius 2 is 1.19 bits per heavy atom. The van der Waals surface area contributed by atoms with Crippen molar-refractivity contribution in [2.24, 2.45) is 0 Å². The normalized spacial score (nSPS) is 18.2. The van der Waals surface area contributed by atoms with Gasteiger partial charge in [0.2, 0.25) is 11.8 Å². The van der Waals surface area contributed by atoms with E-state index in [1.54, 1.807) is 36.0 Å². The third-order valence-electron chi connectivity index (χ3n) is 8.55. The van der Waals surface area contributed by atoms with Crippen molar-refractivity contribution in [3.8, 4) is 0 Å². The number of carbonyl (C=O) groups excluding carboxylic acids is 4. The van der Waals surface area contributed by atoms with E-state index in [4.69, 9.17) is 0 Å². The van der Waals surface area contributed by atoms with Crippen LogP contribution in [0.4, 0.5) is 11.4 Å². The van der Waals surface area contributed by atoms with Gasteiger partial charge in [-0.2, -0.15) is 0 Å². The lowest BCUT2D eigenvalue weighted by Crippen LogP contribution is -2.31. The summed E-state index contributed by atoms with van der Waals surface area (Å²) in [5.74, 6) is -0.218. The zero-order chi connectivity index (χ0) is 30.0. The summed E-state index contributed by atoms with van der Waals surface area (Å²) in [6.07, 6.45) is 9.27. The Balaban J connectivity index is 1.18. The van der Waals surface area contributed by atoms with Crippen LogP contribution in [0.2, 0.25) is 0 Å². The van der Waals surface area contributed by atoms with Gasteiger partial charge in [0.25, 0.3) is 0 Å². The second kappa shape index (κ2) is 12.3. The van der Waals surface area contributed by atoms with E-state index in [9.17, 15) is 19.2 Å². The van der Waals surface area contributed by atoms with Crippen molar-refractivity contribution in [1.29, 1.82) is 0 Å². The number of Topliss-reactive ketones (excluding diaryl/α,β-unsaturated/α-hetero) is 2. The lowest BCUT2D eigenvalue weighted by molar-refractivity contribution is -0.123. The van der Waals surface area contributed by atoms with Crippen molar-refractivity contribution in [3.05, 3.63) is 82.2 Å². The summed E-state index contributed by atoms with van der Waals surface area (Å²) in [5.41, 5.74) is 6.38. The number of rotatable bonds is 7. The van der Waals surface area contributed by atoms with Gasteiger partial charge in [-0.1, -0.05) is 0 Å². The molecular weight excluding hydrogens is 528 g/mol. The van der Waals surface area contributed by atoms with Gasteiger partial charge in [0.05, 0.1) is 0 Å². The fourth-order valence-corrected chi connectivity index (χ4v) is 6.03. The van der Waals surface area contributed by atoms with Gasteiger partial charge >= 0.3 is 0 Å². The number of benzene rings is 2. The number of ketones is 2. The molecule has 0 bridgehead atoms. The standard InChI is InChI=1S/C34H40N4O4/c1-35(2)21-25-9-7-23-19-27(11-13-29(23)33(25)41)36(3)31(39)15-16-32(40)37(4)28-12-14-30-24(20-28)8-10-26(34(30)42)22-38-17-5-6-18-38/h11-14,19-22H,5-10,15-18H2,1-4H3. The molecule has 1 saturated heterocycles. The molecule has 1 fully saturated rings. The fraction of sp³-hybridized carbons (Fsp3) is 0.412. The molecule has 0 radical (unpaired) electrons. The van der Waals surface area contributed by atoms with Crippen LogP contribution in [0.1, 0.15) is 70.4 Å². The molecule has 5 rings (SSSR count). The molecule has 2 amide bonds. The Morgan fingerprint density at radius 3 is 1.69 bits per heavy atom. The number of hydrogen-bond donors (Lipinski definition) is 0. The molecule has 3 aliphatic rings. The number of hydrogen-bond acceptors (Lipinski definition) is 6. The number of carbonyl (C=O) groups is 4. The SMILES string of the molecule is CN(C)C=C1CCc2cc(N(C)C(=O)CCC(=O)N(C)c3ccc4c(c3)CCC(=CN3CCCC3)C4=O)ccc2C1=O. The number of aryl methyl sites for hydroxylation is 2. The summed E-state index contributed by atoms with van der Waals surface area (Å²) in [6.45, 7) is 2.02. The minimum Gasteiger partial charge on any atom is -0.383 e. The molecule has 0 atom stereocenters. The molecule has 8 heteroatoms. The predicted molar refractivity (Wildman–Crippen MR) is 165 cm³/mol. The van der Waals surface area contributed by atoms with Gasteiger partial charge in [-0.25, -0.2) is 0 Å². The van der Waals surface area contributed by atoms with Crippen LogP contribution >= 0.6 is 0 Å². The monoisotopic (exact) mass is 568 g/mol. The van der Waals surface area contributed by atoms with Crippen molar-refractivity contribution in [1.82, 2.24) is 9.80 Å². The molecule has 8 nitrogen and oxygen atoms in total. The second-order valence-corrected chi connectivity index (χ2v) is 11.8. The lowest BCUT2D eigenvalue weighted by Gasteiger charge is -2.24. The van der Waals surface area contributed by atoms with Crippen molar-refractivity contribution in [3.63, 3.8) is 0 Å². The summed E-state index contributed by atoms with van der Waals surface area (Å²) in [7, 11) is 7.22. The highest BCUT2D eigenvalue weighted by atomic mass is 16.2. The van der Waals surface area contributed by atoms with Crippen LogP contribution in [-0.4, -0.2) is 74.5 Å². The molecule has 1 heterocycles. The molecule has 0 unspecified atom stereocenters. The highest BCUT2D eigenvalue weighted by Crippen LogP contribution is 2.31. The smallest absolute Gasteiger partial charge is 0.227 e. The van der Waals surface area contributed by atoms with E-state index in [2.05, 4.69) is 4.90 Å². The highest BCUT2D eigenvalue weighted by Gasteiger charge is 2.26. The van der Waals surface area contributed by atoms with Gasteiger partial charge in [-0.15, -0.1) is 0 Å². The molecule has 2 aromatic rings. The lowest BCUT2D eigenvalue weighted by atomic mass is 9.87. The van der Waals surface area contributed by atoms with Crippen LogP contribution in [0.3, 0.4) is 0 Å². The Bertz CT molecular complexity index is 1480. The average molecular weight is 569 g/mol. The van der Waals surface area contributed by atoms with Crippen LogP contribution in [0.5, 0.6) is 0 Å². The van der Waals surface area contributed by atoms with Crippen LogP contribution < -0.4 is 9.80 Å². The topological polar surface area (TPSA) is 81.2 Å². The van der Waals surface area contributed by atoms with Crippen molar-refractivity contribution in [2.45, 2.75) is 51.4 Å². The predicted octanol–water partition coefficient (Wildman–Crippen LogP) is 4.78. The second-order valence-electron chi connectivity index (χ2n) is 11.8. The molecule has 2 aromatic carbocycles. The summed E-state index contributed by atoms with van der Waals surface area (Å²) >= 11 is 0. The van der Waals surface area contributed by atoms with Crippen molar-refractivity contribution < 1.29 is 19.2 Å². The van der Waals surface area contributed by atoms with Crippen molar-refractivity contribution in [2.75, 3.05) is 51.1 Å². The molecule has 1 aliphatic heterocycles. The first kappa shape index (κ1) is 29.3. The van der Waals surface area contributed by atoms with Gasteiger partial charge in [-0.3, -0.25) is 19.2 Å². The van der Waals surface area contributed by atoms with E-state index in [-0.39, 0.29) is 36.2 Å². The molecule has 0 N–H and O–H groups in total. The molecule has 42 heavy (non-hydrogen) atoms. The van der Waals surface area contributed by atoms with Gasteiger partial charge < -0.3 is 19.6 Å². The molecule has 220 valence electrons. The van der Waals surface area contributed by atoms with Gasteiger partial charge in [-0.05, 0) is 86.1 Å². The maximum absolute atomic E-state index is 13.1. The Morgan fingerprint density at radius 1 is 0.714 bits per heavy atom. The fourth-order valence-electron chi connectivity index (χ4n) is 6.03. The maximum atomic E-state index is 13.1. The summed E-state index contributed by atoms with van der Waals surface area (Å²) in [5, 5.41) is 0. The van der Waals surface area contributed by atoms with E-state index in [1.165, 1.54) is 12.8 Å². The van der Waals surface area contributed by atoms with E-state index >= 15 is 0 Å². The quantitative estimate of drug-likeness (QED) is 0.448. The minimum absolute atomic E-state index is 0.0321. The van der Waals surface area contributed by atoms with Crippen molar-refractivity contribution >= 4 is 34.8 Å². The first-order valence-electron chi connectivity index (χ1n) is 14.8. The average Bonchev–Trinajstić information content (AvgIpc) is 3.50. The van der Waals surface area contributed by atoms with Crippen LogP contribution in [0, 0.1) is 0 Å². The molecule has 0 saturated carbocycles. The summed E-state index contributed by atoms with van der Waals surface area (Å²) in [6, 6.07) is 11.1. The van der Waals surface area contributed by atoms with E-state index in [1.807, 2.05) is 55.7 Å². The first-order chi connectivity index (χ1) is 20.1. The van der Waals surface area contributed by atoms with Crippen LogP contribution in [0.25, 0.3) is 0 Å². The molecular formula is C34H40N4O4. The van der Waals surface area contributed by atoms with E-state index in [0.29, 0.717) is 29.7 Å². The van der Waals surface area contributed by atoms with Gasteiger partial charge in [0, 0.05) is 100 Å². The number of likely N-dealkylation sites (tertiary alicyclic amines) is 1. The third-order valence-corrected chi connectivity index (χ3v) is 8.55. The Labute approximate surface area is 248 Å². The molecule has 0 aromatic heterocycles. The zero-order valence-electron chi connectivity index (χ0n) is 25.1. The largest absolute Gasteiger partial charge is 0.383 e. The van der Waals surface area contributed by atoms with Crippen LogP contribution in [0.15, 0.2) is 59.9 Å². The number of allylic oxidation sites excluding steroid dienone is 2. The van der Waals surface area contributed by atoms with Gasteiger partial charge in [0.1, 0.15) is 0 Å². The third kappa shape index (κ3) is 6.17. The molecule has 0 spiro atoms. The number of nitrogens with zero attached hydrogens (tertiary/aromatic N) is 4. The van der Waals surface area contributed by atoms with Gasteiger partial charge in [0.15, 0.2) is 11.6 Å². The maximum Gasteiger partial charge on any atom is 0.227 e. The van der Waals surface area contributed by atoms with E-state index in [0.717, 1.165) is 53.9 Å².